The molecule has 0 aromatic rings. The van der Waals surface area contributed by atoms with E-state index in [-0.39, 0.29) is 4.75 Å². The highest BCUT2D eigenvalue weighted by molar-refractivity contribution is 8.01. The van der Waals surface area contributed by atoms with Gasteiger partial charge in [0.05, 0.1) is 0 Å². The molecule has 0 amide bonds. The van der Waals surface area contributed by atoms with E-state index < -0.39 is 21.7 Å². The molecule has 5 nitrogen and oxygen atoms in total. The van der Waals surface area contributed by atoms with E-state index in [1.165, 1.54) is 0 Å². The van der Waals surface area contributed by atoms with Gasteiger partial charge in [-0.05, 0) is 25.5 Å². The van der Waals surface area contributed by atoms with E-state index in [0.29, 0.717) is 6.54 Å². The summed E-state index contributed by atoms with van der Waals surface area (Å²) in [5, 5.41) is 8.38. The van der Waals surface area contributed by atoms with Crippen molar-refractivity contribution in [3.8, 4) is 0 Å². The maximum atomic E-state index is 11.2. The Kier molecular flexibility index (Phi) is 4.02. The number of carboxylic acids is 1. The average Bonchev–Trinajstić information content (AvgIpc) is 2.48. The third-order valence-electron chi connectivity index (χ3n) is 2.28. The molecule has 0 spiro atoms. The second kappa shape index (κ2) is 4.71. The minimum atomic E-state index is -3.67. The average molecular weight is 253 g/mol. The van der Waals surface area contributed by atoms with Gasteiger partial charge in [0, 0.05) is 11.3 Å². The Morgan fingerprint density at radius 3 is 2.73 bits per heavy atom. The van der Waals surface area contributed by atoms with E-state index in [1.54, 1.807) is 11.8 Å². The number of rotatable bonds is 5. The van der Waals surface area contributed by atoms with Crippen LogP contribution < -0.4 is 4.72 Å². The highest BCUT2D eigenvalue weighted by Gasteiger charge is 2.31. The quantitative estimate of drug-likeness (QED) is 0.735. The van der Waals surface area contributed by atoms with Crippen molar-refractivity contribution in [2.24, 2.45) is 0 Å². The monoisotopic (exact) mass is 253 g/mol. The summed E-state index contributed by atoms with van der Waals surface area (Å²) in [5.41, 5.74) is 0. The Bertz CT molecular complexity index is 333. The van der Waals surface area contributed by atoms with Gasteiger partial charge in [-0.1, -0.05) is 0 Å². The van der Waals surface area contributed by atoms with Crippen molar-refractivity contribution in [3.05, 3.63) is 0 Å². The molecule has 1 heterocycles. The number of nitrogens with one attached hydrogen (secondary N) is 1. The van der Waals surface area contributed by atoms with Gasteiger partial charge in [-0.25, -0.2) is 13.1 Å². The zero-order valence-electron chi connectivity index (χ0n) is 8.52. The molecule has 1 aliphatic rings. The highest BCUT2D eigenvalue weighted by atomic mass is 32.2. The van der Waals surface area contributed by atoms with Gasteiger partial charge in [0.1, 0.15) is 0 Å². The van der Waals surface area contributed by atoms with Crippen molar-refractivity contribution in [1.82, 2.24) is 4.72 Å². The maximum Gasteiger partial charge on any atom is 0.320 e. The van der Waals surface area contributed by atoms with Gasteiger partial charge < -0.3 is 5.11 Å². The lowest BCUT2D eigenvalue weighted by Crippen LogP contribution is -2.39. The normalized spacial score (nSPS) is 26.7. The van der Waals surface area contributed by atoms with Crippen LogP contribution in [0, 0.1) is 0 Å². The second-order valence-corrected chi connectivity index (χ2v) is 7.37. The summed E-state index contributed by atoms with van der Waals surface area (Å²) in [6.07, 6.45) is 2.05. The summed E-state index contributed by atoms with van der Waals surface area (Å²) in [7, 11) is -3.67. The van der Waals surface area contributed by atoms with Crippen molar-refractivity contribution >= 4 is 27.8 Å². The fourth-order valence-electron chi connectivity index (χ4n) is 1.45. The Morgan fingerprint density at radius 2 is 2.27 bits per heavy atom. The van der Waals surface area contributed by atoms with E-state index in [0.717, 1.165) is 18.6 Å². The van der Waals surface area contributed by atoms with Crippen LogP contribution in [0.1, 0.15) is 19.8 Å². The van der Waals surface area contributed by atoms with Crippen LogP contribution in [0.15, 0.2) is 0 Å². The van der Waals surface area contributed by atoms with Crippen molar-refractivity contribution < 1.29 is 18.3 Å². The van der Waals surface area contributed by atoms with Crippen LogP contribution in [0.4, 0.5) is 0 Å². The fourth-order valence-corrected chi connectivity index (χ4v) is 3.75. The molecule has 7 heteroatoms. The molecule has 15 heavy (non-hydrogen) atoms. The third-order valence-corrected chi connectivity index (χ3v) is 5.03. The summed E-state index contributed by atoms with van der Waals surface area (Å²) >= 11 is 1.73. The topological polar surface area (TPSA) is 83.5 Å². The SMILES string of the molecule is CC1(CNS(=O)(=O)CC(=O)O)CCCS1. The first-order valence-electron chi connectivity index (χ1n) is 4.66. The summed E-state index contributed by atoms with van der Waals surface area (Å²) in [5.74, 6) is -1.14. The van der Waals surface area contributed by atoms with Gasteiger partial charge in [-0.15, -0.1) is 0 Å². The Morgan fingerprint density at radius 1 is 1.60 bits per heavy atom. The van der Waals surface area contributed by atoms with Gasteiger partial charge in [0.2, 0.25) is 10.0 Å². The minimum Gasteiger partial charge on any atom is -0.480 e. The van der Waals surface area contributed by atoms with Crippen LogP contribution >= 0.6 is 11.8 Å². The number of hydrogen-bond acceptors (Lipinski definition) is 4. The minimum absolute atomic E-state index is 0.0778. The van der Waals surface area contributed by atoms with E-state index >= 15 is 0 Å². The molecule has 0 aromatic carbocycles. The smallest absolute Gasteiger partial charge is 0.320 e. The van der Waals surface area contributed by atoms with Gasteiger partial charge in [0.15, 0.2) is 5.75 Å². The number of sulfonamides is 1. The molecule has 1 atom stereocenters. The van der Waals surface area contributed by atoms with Crippen molar-refractivity contribution in [2.45, 2.75) is 24.5 Å². The van der Waals surface area contributed by atoms with Gasteiger partial charge in [-0.3, -0.25) is 4.79 Å². The van der Waals surface area contributed by atoms with Gasteiger partial charge in [-0.2, -0.15) is 11.8 Å². The van der Waals surface area contributed by atoms with Crippen LogP contribution in [0.3, 0.4) is 0 Å². The second-order valence-electron chi connectivity index (χ2n) is 3.88. The Hall–Kier alpha value is -0.270. The fraction of sp³-hybridized carbons (Fsp3) is 0.875. The third kappa shape index (κ3) is 4.40. The largest absolute Gasteiger partial charge is 0.480 e. The molecule has 2 N–H and O–H groups in total. The summed E-state index contributed by atoms with van der Waals surface area (Å²) in [4.78, 5) is 10.3. The molecule has 0 radical (unpaired) electrons. The molecule has 1 unspecified atom stereocenters. The number of aliphatic carboxylic acids is 1. The highest BCUT2D eigenvalue weighted by Crippen LogP contribution is 2.37. The molecular formula is C8H15NO4S2. The van der Waals surface area contributed by atoms with Crippen LogP contribution in [0.25, 0.3) is 0 Å². The maximum absolute atomic E-state index is 11.2. The van der Waals surface area contributed by atoms with Crippen LogP contribution in [0.5, 0.6) is 0 Å². The van der Waals surface area contributed by atoms with Crippen molar-refractivity contribution in [3.63, 3.8) is 0 Å². The first-order chi connectivity index (χ1) is 6.83. The van der Waals surface area contributed by atoms with Gasteiger partial charge in [0.25, 0.3) is 0 Å². The van der Waals surface area contributed by atoms with Gasteiger partial charge >= 0.3 is 5.97 Å². The molecule has 1 rings (SSSR count). The number of carboxylic acid groups (broad SMARTS) is 1. The molecular weight excluding hydrogens is 238 g/mol. The van der Waals surface area contributed by atoms with Crippen molar-refractivity contribution in [2.75, 3.05) is 18.1 Å². The molecule has 0 bridgehead atoms. The predicted octanol–water partition coefficient (Wildman–Crippen LogP) is 0.276. The molecule has 1 saturated heterocycles. The first kappa shape index (κ1) is 12.8. The Labute approximate surface area is 93.7 Å². The standard InChI is InChI=1S/C8H15NO4S2/c1-8(3-2-4-14-8)6-9-15(12,13)5-7(10)11/h9H,2-6H2,1H3,(H,10,11). The predicted molar refractivity (Wildman–Crippen MR) is 59.5 cm³/mol. The lowest BCUT2D eigenvalue weighted by atomic mass is 10.1. The summed E-state index contributed by atoms with van der Waals surface area (Å²) in [6, 6.07) is 0. The summed E-state index contributed by atoms with van der Waals surface area (Å²) in [6.45, 7) is 2.31. The summed E-state index contributed by atoms with van der Waals surface area (Å²) < 4.78 is 24.7. The van der Waals surface area contributed by atoms with Crippen LogP contribution in [-0.4, -0.2) is 42.3 Å². The lowest BCUT2D eigenvalue weighted by Gasteiger charge is -2.22. The van der Waals surface area contributed by atoms with Crippen LogP contribution in [-0.2, 0) is 14.8 Å². The van der Waals surface area contributed by atoms with Crippen LogP contribution in [0.2, 0.25) is 0 Å². The molecule has 1 aliphatic heterocycles. The Balaban J connectivity index is 2.45. The lowest BCUT2D eigenvalue weighted by molar-refractivity contribution is -0.134. The van der Waals surface area contributed by atoms with E-state index in [4.69, 9.17) is 5.11 Å². The van der Waals surface area contributed by atoms with Crippen molar-refractivity contribution in [1.29, 1.82) is 0 Å². The molecule has 88 valence electrons. The zero-order valence-corrected chi connectivity index (χ0v) is 10.2. The molecule has 1 fully saturated rings. The molecule has 0 saturated carbocycles. The van der Waals surface area contributed by atoms with E-state index in [1.807, 2.05) is 6.92 Å². The number of carbonyl (C=O) groups is 1. The number of hydrogen-bond donors (Lipinski definition) is 2. The van der Waals surface area contributed by atoms with E-state index in [9.17, 15) is 13.2 Å². The zero-order chi connectivity index (χ0) is 11.5. The molecule has 0 aromatic heterocycles. The molecule has 0 aliphatic carbocycles. The van der Waals surface area contributed by atoms with E-state index in [2.05, 4.69) is 4.72 Å². The number of thioether (sulfide) groups is 1. The first-order valence-corrected chi connectivity index (χ1v) is 7.30.